The number of hydrogen-bond donors (Lipinski definition) is 1. The average molecular weight is 370 g/mol. The highest BCUT2D eigenvalue weighted by molar-refractivity contribution is 5.93. The van der Waals surface area contributed by atoms with E-state index >= 15 is 0 Å². The molecule has 1 fully saturated rings. The Morgan fingerprint density at radius 3 is 2.89 bits per heavy atom. The molecule has 1 aliphatic rings. The second kappa shape index (κ2) is 10.2. The highest BCUT2D eigenvalue weighted by Gasteiger charge is 2.18. The maximum Gasteiger partial charge on any atom is 0.254 e. The van der Waals surface area contributed by atoms with Crippen molar-refractivity contribution in [2.24, 2.45) is 0 Å². The van der Waals surface area contributed by atoms with E-state index in [1.807, 2.05) is 6.07 Å². The lowest BCUT2D eigenvalue weighted by Gasteiger charge is -2.31. The molecule has 1 heterocycles. The van der Waals surface area contributed by atoms with Gasteiger partial charge in [0.25, 0.3) is 5.91 Å². The summed E-state index contributed by atoms with van der Waals surface area (Å²) in [7, 11) is 2.23. The maximum atomic E-state index is 11.8. The van der Waals surface area contributed by atoms with E-state index in [1.165, 1.54) is 50.2 Å². The highest BCUT2D eigenvalue weighted by atomic mass is 16.5. The van der Waals surface area contributed by atoms with Crippen molar-refractivity contribution in [2.45, 2.75) is 51.1 Å². The topological polar surface area (TPSA) is 54.7 Å². The summed E-state index contributed by atoms with van der Waals surface area (Å²) in [6.45, 7) is 2.12. The molecule has 5 heteroatoms. The van der Waals surface area contributed by atoms with Gasteiger partial charge in [0.05, 0.1) is 18.4 Å². The van der Waals surface area contributed by atoms with E-state index in [-0.39, 0.29) is 5.91 Å². The lowest BCUT2D eigenvalue weighted by Crippen LogP contribution is -2.32. The summed E-state index contributed by atoms with van der Waals surface area (Å²) in [5.74, 6) is 0.780. The summed E-state index contributed by atoms with van der Waals surface area (Å²) in [6, 6.07) is 10.7. The molecule has 1 saturated carbocycles. The smallest absolute Gasteiger partial charge is 0.254 e. The second-order valence-corrected chi connectivity index (χ2v) is 7.32. The number of carbonyl (C=O) groups excluding carboxylic acids is 1. The van der Waals surface area contributed by atoms with Crippen molar-refractivity contribution in [1.82, 2.24) is 10.2 Å². The minimum Gasteiger partial charge on any atom is -0.494 e. The van der Waals surface area contributed by atoms with E-state index < -0.39 is 0 Å². The van der Waals surface area contributed by atoms with Crippen LogP contribution in [0.2, 0.25) is 0 Å². The Kier molecular flexibility index (Phi) is 7.34. The minimum atomic E-state index is -0.114. The molecule has 3 rings (SSSR count). The molecule has 1 aliphatic carbocycles. The van der Waals surface area contributed by atoms with Crippen LogP contribution in [0.3, 0.4) is 0 Å². The van der Waals surface area contributed by atoms with Crippen LogP contribution in [-0.2, 0) is 6.54 Å². The lowest BCUT2D eigenvalue weighted by atomic mass is 9.94. The quantitative estimate of drug-likeness (QED) is 0.671. The zero-order valence-electron chi connectivity index (χ0n) is 16.2. The van der Waals surface area contributed by atoms with E-state index in [0.717, 1.165) is 18.7 Å². The number of ether oxygens (including phenoxy) is 1. The molecule has 1 N–H and O–H groups in total. The molecule has 1 amide bonds. The van der Waals surface area contributed by atoms with Crippen molar-refractivity contribution >= 4 is 5.91 Å². The van der Waals surface area contributed by atoms with E-state index in [4.69, 9.17) is 9.15 Å². The highest BCUT2D eigenvalue weighted by Crippen LogP contribution is 2.23. The molecule has 1 aromatic heterocycles. The Hall–Kier alpha value is -2.27. The molecule has 0 unspecified atom stereocenters. The van der Waals surface area contributed by atoms with Gasteiger partial charge < -0.3 is 14.5 Å². The predicted octanol–water partition coefficient (Wildman–Crippen LogP) is 4.24. The Bertz CT molecular complexity index is 693. The largest absolute Gasteiger partial charge is 0.494 e. The molecule has 146 valence electrons. The van der Waals surface area contributed by atoms with Gasteiger partial charge in [-0.15, -0.1) is 0 Å². The molecule has 0 radical (unpaired) electrons. The fourth-order valence-corrected chi connectivity index (χ4v) is 3.63. The van der Waals surface area contributed by atoms with Gasteiger partial charge in [-0.3, -0.25) is 9.69 Å². The van der Waals surface area contributed by atoms with Crippen LogP contribution in [0.4, 0.5) is 0 Å². The van der Waals surface area contributed by atoms with E-state index in [9.17, 15) is 4.79 Å². The minimum absolute atomic E-state index is 0.114. The lowest BCUT2D eigenvalue weighted by molar-refractivity contribution is 0.0951. The van der Waals surface area contributed by atoms with Crippen LogP contribution in [-0.4, -0.2) is 37.0 Å². The molecule has 0 spiro atoms. The van der Waals surface area contributed by atoms with Gasteiger partial charge in [-0.2, -0.15) is 0 Å². The van der Waals surface area contributed by atoms with Crippen LogP contribution in [0.25, 0.3) is 0 Å². The first-order valence-electron chi connectivity index (χ1n) is 9.95. The second-order valence-electron chi connectivity index (χ2n) is 7.32. The number of rotatable bonds is 9. The third kappa shape index (κ3) is 6.14. The van der Waals surface area contributed by atoms with Gasteiger partial charge in [0.2, 0.25) is 0 Å². The zero-order chi connectivity index (χ0) is 18.9. The molecule has 0 aliphatic heterocycles. The van der Waals surface area contributed by atoms with Gasteiger partial charge >= 0.3 is 0 Å². The van der Waals surface area contributed by atoms with Crippen molar-refractivity contribution in [3.63, 3.8) is 0 Å². The molecule has 2 aromatic rings. The van der Waals surface area contributed by atoms with Crippen molar-refractivity contribution < 1.29 is 13.9 Å². The van der Waals surface area contributed by atoms with Crippen molar-refractivity contribution in [2.75, 3.05) is 20.2 Å². The van der Waals surface area contributed by atoms with Crippen LogP contribution in [0, 0.1) is 0 Å². The first-order valence-corrected chi connectivity index (χ1v) is 9.95. The summed E-state index contributed by atoms with van der Waals surface area (Å²) in [5.41, 5.74) is 1.83. The van der Waals surface area contributed by atoms with Crippen LogP contribution in [0.1, 0.15) is 54.4 Å². The summed E-state index contributed by atoms with van der Waals surface area (Å²) in [6.07, 6.45) is 10.4. The summed E-state index contributed by atoms with van der Waals surface area (Å²) in [5, 5.41) is 2.86. The molecule has 0 saturated heterocycles. The molecule has 5 nitrogen and oxygen atoms in total. The number of furan rings is 1. The Balaban J connectivity index is 1.38. The first-order chi connectivity index (χ1) is 13.2. The van der Waals surface area contributed by atoms with Gasteiger partial charge in [-0.25, -0.2) is 0 Å². The molecular formula is C22H30N2O3. The monoisotopic (exact) mass is 370 g/mol. The summed E-state index contributed by atoms with van der Waals surface area (Å²) < 4.78 is 10.8. The van der Waals surface area contributed by atoms with Crippen LogP contribution in [0.5, 0.6) is 5.75 Å². The summed E-state index contributed by atoms with van der Waals surface area (Å²) >= 11 is 0. The standard InChI is InChI=1S/C22H30N2O3/c1-24(20-8-3-2-4-9-20)16-18-7-5-10-21(15-18)27-13-6-12-23-22(25)19-11-14-26-17-19/h5,7,10-11,14-15,17,20H,2-4,6,8-9,12-13,16H2,1H3,(H,23,25). The van der Waals surface area contributed by atoms with Gasteiger partial charge in [-0.1, -0.05) is 31.4 Å². The number of nitrogens with zero attached hydrogens (tertiary/aromatic N) is 1. The molecule has 0 atom stereocenters. The predicted molar refractivity (Wildman–Crippen MR) is 106 cm³/mol. The zero-order valence-corrected chi connectivity index (χ0v) is 16.2. The van der Waals surface area contributed by atoms with Crippen LogP contribution < -0.4 is 10.1 Å². The number of amides is 1. The van der Waals surface area contributed by atoms with Gasteiger partial charge in [-0.05, 0) is 50.1 Å². The van der Waals surface area contributed by atoms with Gasteiger partial charge in [0.15, 0.2) is 0 Å². The third-order valence-electron chi connectivity index (χ3n) is 5.19. The number of benzene rings is 1. The number of hydrogen-bond acceptors (Lipinski definition) is 4. The number of carbonyl (C=O) groups is 1. The maximum absolute atomic E-state index is 11.8. The Morgan fingerprint density at radius 2 is 2.11 bits per heavy atom. The summed E-state index contributed by atoms with van der Waals surface area (Å²) in [4.78, 5) is 14.3. The van der Waals surface area contributed by atoms with Gasteiger partial charge in [0, 0.05) is 19.1 Å². The fraction of sp³-hybridized carbons (Fsp3) is 0.500. The molecular weight excluding hydrogens is 340 g/mol. The third-order valence-corrected chi connectivity index (χ3v) is 5.19. The molecule has 1 aromatic carbocycles. The van der Waals surface area contributed by atoms with Crippen molar-refractivity contribution in [3.05, 3.63) is 54.0 Å². The van der Waals surface area contributed by atoms with E-state index in [1.54, 1.807) is 6.07 Å². The normalized spacial score (nSPS) is 15.0. The molecule has 27 heavy (non-hydrogen) atoms. The first kappa shape index (κ1) is 19.5. The Morgan fingerprint density at radius 1 is 1.26 bits per heavy atom. The Labute approximate surface area is 161 Å². The number of nitrogens with one attached hydrogen (secondary N) is 1. The molecule has 0 bridgehead atoms. The van der Waals surface area contributed by atoms with Gasteiger partial charge in [0.1, 0.15) is 12.0 Å². The SMILES string of the molecule is CN(Cc1cccc(OCCCNC(=O)c2ccoc2)c1)C1CCCCC1. The van der Waals surface area contributed by atoms with E-state index in [0.29, 0.717) is 24.8 Å². The fourth-order valence-electron chi connectivity index (χ4n) is 3.63. The van der Waals surface area contributed by atoms with Crippen molar-refractivity contribution in [3.8, 4) is 5.75 Å². The van der Waals surface area contributed by atoms with Crippen LogP contribution >= 0.6 is 0 Å². The van der Waals surface area contributed by atoms with Crippen molar-refractivity contribution in [1.29, 1.82) is 0 Å². The van der Waals surface area contributed by atoms with E-state index in [2.05, 4.69) is 35.5 Å². The average Bonchev–Trinajstić information content (AvgIpc) is 3.23. The van der Waals surface area contributed by atoms with Crippen LogP contribution in [0.15, 0.2) is 47.3 Å².